The summed E-state index contributed by atoms with van der Waals surface area (Å²) in [7, 11) is 0. The van der Waals surface area contributed by atoms with E-state index >= 15 is 0 Å². The topological polar surface area (TPSA) is 61.2 Å². The van der Waals surface area contributed by atoms with Crippen LogP contribution in [-0.2, 0) is 4.74 Å². The van der Waals surface area contributed by atoms with E-state index in [-0.39, 0.29) is 25.2 Å². The van der Waals surface area contributed by atoms with E-state index in [9.17, 15) is 18.0 Å². The molecule has 3 heterocycles. The van der Waals surface area contributed by atoms with Gasteiger partial charge in [0.15, 0.2) is 0 Å². The first-order chi connectivity index (χ1) is 13.8. The van der Waals surface area contributed by atoms with Crippen LogP contribution >= 0.6 is 0 Å². The number of morpholine rings is 1. The first-order valence-electron chi connectivity index (χ1n) is 10.0. The summed E-state index contributed by atoms with van der Waals surface area (Å²) in [6.45, 7) is 5.36. The van der Waals surface area contributed by atoms with Crippen molar-refractivity contribution in [1.82, 2.24) is 20.0 Å². The lowest BCUT2D eigenvalue weighted by molar-refractivity contribution is -0.145. The summed E-state index contributed by atoms with van der Waals surface area (Å²) in [6, 6.07) is 3.46. The van der Waals surface area contributed by atoms with Gasteiger partial charge in [-0.15, -0.1) is 0 Å². The SMILES string of the molecule is Cc1ccc(C(CNC(=O)N2CCCN(CC(F)(F)F)CC2)N2CCOCC2)o1. The van der Waals surface area contributed by atoms with Crippen LogP contribution in [0.15, 0.2) is 16.5 Å². The summed E-state index contributed by atoms with van der Waals surface area (Å²) >= 11 is 0. The van der Waals surface area contributed by atoms with E-state index in [4.69, 9.17) is 9.15 Å². The summed E-state index contributed by atoms with van der Waals surface area (Å²) in [4.78, 5) is 17.8. The summed E-state index contributed by atoms with van der Waals surface area (Å²) in [5, 5.41) is 2.95. The molecule has 0 aromatic carbocycles. The van der Waals surface area contributed by atoms with Crippen LogP contribution in [-0.4, -0.2) is 92.5 Å². The molecule has 0 aliphatic carbocycles. The molecule has 10 heteroatoms. The maximum Gasteiger partial charge on any atom is 0.401 e. The number of furan rings is 1. The number of nitrogens with zero attached hydrogens (tertiary/aromatic N) is 3. The summed E-state index contributed by atoms with van der Waals surface area (Å²) < 4.78 is 49.1. The lowest BCUT2D eigenvalue weighted by Crippen LogP contribution is -2.47. The highest BCUT2D eigenvalue weighted by Gasteiger charge is 2.32. The molecule has 164 valence electrons. The van der Waals surface area contributed by atoms with Crippen LogP contribution in [0.1, 0.15) is 24.0 Å². The number of rotatable bonds is 5. The molecule has 1 atom stereocenters. The third-order valence-electron chi connectivity index (χ3n) is 5.30. The minimum Gasteiger partial charge on any atom is -0.465 e. The molecule has 3 rings (SSSR count). The maximum absolute atomic E-state index is 12.7. The Morgan fingerprint density at radius 3 is 2.55 bits per heavy atom. The first-order valence-corrected chi connectivity index (χ1v) is 10.0. The van der Waals surface area contributed by atoms with Crippen molar-refractivity contribution in [2.45, 2.75) is 25.6 Å². The van der Waals surface area contributed by atoms with E-state index in [1.54, 1.807) is 4.90 Å². The van der Waals surface area contributed by atoms with E-state index in [1.165, 1.54) is 4.90 Å². The van der Waals surface area contributed by atoms with E-state index in [1.807, 2.05) is 19.1 Å². The lowest BCUT2D eigenvalue weighted by Gasteiger charge is -2.34. The minimum atomic E-state index is -4.22. The van der Waals surface area contributed by atoms with Gasteiger partial charge in [-0.25, -0.2) is 4.79 Å². The zero-order valence-electron chi connectivity index (χ0n) is 16.7. The molecular weight excluding hydrogens is 389 g/mol. The molecule has 0 spiro atoms. The Kier molecular flexibility index (Phi) is 7.42. The molecule has 1 aromatic rings. The molecular formula is C19H29F3N4O3. The molecule has 2 amide bonds. The van der Waals surface area contributed by atoms with Crippen molar-refractivity contribution < 1.29 is 27.1 Å². The Bertz CT molecular complexity index is 661. The molecule has 2 fully saturated rings. The smallest absolute Gasteiger partial charge is 0.401 e. The molecule has 1 aromatic heterocycles. The molecule has 0 radical (unpaired) electrons. The number of nitrogens with one attached hydrogen (secondary N) is 1. The normalized spacial score (nSPS) is 21.0. The lowest BCUT2D eigenvalue weighted by atomic mass is 10.1. The molecule has 0 bridgehead atoms. The summed E-state index contributed by atoms with van der Waals surface area (Å²) in [6.07, 6.45) is -3.70. The van der Waals surface area contributed by atoms with Gasteiger partial charge in [0.2, 0.25) is 0 Å². The van der Waals surface area contributed by atoms with Gasteiger partial charge in [0.1, 0.15) is 11.5 Å². The third kappa shape index (κ3) is 6.61. The fourth-order valence-corrected chi connectivity index (χ4v) is 3.81. The number of carbonyl (C=O) groups is 1. The average Bonchev–Trinajstić information content (AvgIpc) is 2.96. The van der Waals surface area contributed by atoms with Crippen molar-refractivity contribution in [3.05, 3.63) is 23.7 Å². The Morgan fingerprint density at radius 1 is 1.14 bits per heavy atom. The van der Waals surface area contributed by atoms with E-state index in [0.717, 1.165) is 24.6 Å². The van der Waals surface area contributed by atoms with Crippen molar-refractivity contribution >= 4 is 6.03 Å². The fraction of sp³-hybridized carbons (Fsp3) is 0.737. The summed E-state index contributed by atoms with van der Waals surface area (Å²) in [5.74, 6) is 1.60. The Hall–Kier alpha value is -1.78. The van der Waals surface area contributed by atoms with Gasteiger partial charge in [0.25, 0.3) is 0 Å². The zero-order valence-corrected chi connectivity index (χ0v) is 16.7. The van der Waals surface area contributed by atoms with Gasteiger partial charge in [-0.3, -0.25) is 9.80 Å². The van der Waals surface area contributed by atoms with Gasteiger partial charge < -0.3 is 19.4 Å². The van der Waals surface area contributed by atoms with E-state index in [0.29, 0.717) is 39.3 Å². The van der Waals surface area contributed by atoms with Crippen molar-refractivity contribution in [2.24, 2.45) is 0 Å². The minimum absolute atomic E-state index is 0.106. The zero-order chi connectivity index (χ0) is 20.9. The van der Waals surface area contributed by atoms with Gasteiger partial charge in [-0.05, 0) is 25.5 Å². The quantitative estimate of drug-likeness (QED) is 0.795. The molecule has 0 saturated carbocycles. The van der Waals surface area contributed by atoms with E-state index < -0.39 is 12.7 Å². The molecule has 2 aliphatic rings. The number of urea groups is 1. The highest BCUT2D eigenvalue weighted by atomic mass is 19.4. The van der Waals surface area contributed by atoms with Crippen LogP contribution in [0, 0.1) is 6.92 Å². The number of carbonyl (C=O) groups excluding carboxylic acids is 1. The van der Waals surface area contributed by atoms with Crippen LogP contribution in [0.4, 0.5) is 18.0 Å². The second-order valence-corrected chi connectivity index (χ2v) is 7.53. The van der Waals surface area contributed by atoms with Gasteiger partial charge in [0.05, 0.1) is 25.8 Å². The van der Waals surface area contributed by atoms with Gasteiger partial charge >= 0.3 is 12.2 Å². The molecule has 7 nitrogen and oxygen atoms in total. The van der Waals surface area contributed by atoms with Crippen molar-refractivity contribution in [1.29, 1.82) is 0 Å². The molecule has 1 unspecified atom stereocenters. The number of ether oxygens (including phenoxy) is 1. The van der Waals surface area contributed by atoms with Gasteiger partial charge in [-0.1, -0.05) is 0 Å². The number of halogens is 3. The predicted molar refractivity (Wildman–Crippen MR) is 101 cm³/mol. The van der Waals surface area contributed by atoms with Crippen LogP contribution in [0.5, 0.6) is 0 Å². The molecule has 2 saturated heterocycles. The number of hydrogen-bond acceptors (Lipinski definition) is 5. The third-order valence-corrected chi connectivity index (χ3v) is 5.30. The number of alkyl halides is 3. The Morgan fingerprint density at radius 2 is 1.90 bits per heavy atom. The van der Waals surface area contributed by atoms with E-state index in [2.05, 4.69) is 10.2 Å². The van der Waals surface area contributed by atoms with Crippen LogP contribution in [0.2, 0.25) is 0 Å². The van der Waals surface area contributed by atoms with Crippen molar-refractivity contribution in [3.63, 3.8) is 0 Å². The maximum atomic E-state index is 12.7. The Balaban J connectivity index is 1.55. The monoisotopic (exact) mass is 418 g/mol. The first kappa shape index (κ1) is 21.9. The predicted octanol–water partition coefficient (Wildman–Crippen LogP) is 2.24. The highest BCUT2D eigenvalue weighted by molar-refractivity contribution is 5.74. The highest BCUT2D eigenvalue weighted by Crippen LogP contribution is 2.23. The van der Waals surface area contributed by atoms with Crippen LogP contribution < -0.4 is 5.32 Å². The number of aryl methyl sites for hydroxylation is 1. The Labute approximate surface area is 168 Å². The largest absolute Gasteiger partial charge is 0.465 e. The second kappa shape index (κ2) is 9.82. The van der Waals surface area contributed by atoms with Gasteiger partial charge in [0, 0.05) is 45.8 Å². The molecule has 29 heavy (non-hydrogen) atoms. The van der Waals surface area contributed by atoms with Crippen LogP contribution in [0.3, 0.4) is 0 Å². The fourth-order valence-electron chi connectivity index (χ4n) is 3.81. The molecule has 1 N–H and O–H groups in total. The van der Waals surface area contributed by atoms with Gasteiger partial charge in [-0.2, -0.15) is 13.2 Å². The summed E-state index contributed by atoms with van der Waals surface area (Å²) in [5.41, 5.74) is 0. The second-order valence-electron chi connectivity index (χ2n) is 7.53. The van der Waals surface area contributed by atoms with Crippen molar-refractivity contribution in [3.8, 4) is 0 Å². The average molecular weight is 418 g/mol. The molecule has 2 aliphatic heterocycles. The van der Waals surface area contributed by atoms with Crippen molar-refractivity contribution in [2.75, 3.05) is 65.6 Å². The standard InChI is InChI=1S/C19H29F3N4O3/c1-15-3-4-17(29-15)16(25-9-11-28-12-10-25)13-23-18(27)26-6-2-5-24(7-8-26)14-19(20,21)22/h3-4,16H,2,5-14H2,1H3,(H,23,27). The number of amides is 2. The number of hydrogen-bond donors (Lipinski definition) is 1. The van der Waals surface area contributed by atoms with Crippen LogP contribution in [0.25, 0.3) is 0 Å².